The third-order valence-corrected chi connectivity index (χ3v) is 14.4. The van der Waals surface area contributed by atoms with E-state index < -0.39 is 0 Å². The molecular formula is C76H90AlLiN10O5. The van der Waals surface area contributed by atoms with E-state index in [1.54, 1.807) is 44.7 Å². The molecule has 6 unspecified atom stereocenters. The number of esters is 2. The first-order chi connectivity index (χ1) is 44.5. The van der Waals surface area contributed by atoms with Gasteiger partial charge in [0.05, 0.1) is 84.2 Å². The van der Waals surface area contributed by atoms with E-state index in [1.807, 2.05) is 172 Å². The van der Waals surface area contributed by atoms with Gasteiger partial charge < -0.3 is 27.3 Å². The van der Waals surface area contributed by atoms with Gasteiger partial charge in [-0.1, -0.05) is 179 Å². The second-order valence-electron chi connectivity index (χ2n) is 21.3. The zero-order valence-corrected chi connectivity index (χ0v) is 54.1. The molecule has 2 aliphatic heterocycles. The first-order valence-corrected chi connectivity index (χ1v) is 31.1. The maximum atomic E-state index is 12.1. The van der Waals surface area contributed by atoms with Crippen LogP contribution in [0.4, 0.5) is 0 Å². The number of hydrogen-bond acceptors (Lipinski definition) is 14. The Bertz CT molecular complexity index is 3480. The van der Waals surface area contributed by atoms with Gasteiger partial charge in [0.2, 0.25) is 5.91 Å². The molecule has 11 rings (SSSR count). The molecular weight excluding hydrogens is 1170 g/mol. The molecule has 93 heavy (non-hydrogen) atoms. The van der Waals surface area contributed by atoms with Gasteiger partial charge in [0.25, 0.3) is 0 Å². The van der Waals surface area contributed by atoms with Crippen LogP contribution < -0.4 is 35.2 Å². The summed E-state index contributed by atoms with van der Waals surface area (Å²) >= 11 is 0. The van der Waals surface area contributed by atoms with Crippen LogP contribution >= 0.6 is 0 Å². The summed E-state index contributed by atoms with van der Waals surface area (Å²) in [4.78, 5) is 64.9. The zero-order chi connectivity index (χ0) is 64.7. The number of pyridine rings is 5. The molecule has 4 aromatic carbocycles. The molecule has 0 aliphatic carbocycles. The number of nitrogens with two attached hydrogens (primary N) is 1. The van der Waals surface area contributed by atoms with Crippen molar-refractivity contribution in [2.45, 2.75) is 92.0 Å². The van der Waals surface area contributed by atoms with Crippen molar-refractivity contribution in [2.75, 3.05) is 19.8 Å². The van der Waals surface area contributed by atoms with Crippen molar-refractivity contribution in [1.29, 1.82) is 0 Å². The van der Waals surface area contributed by atoms with E-state index in [0.29, 0.717) is 44.7 Å². The third-order valence-electron chi connectivity index (χ3n) is 14.4. The average molecular weight is 1260 g/mol. The SMILES string of the molecule is C/C=C/C(=O)OCC.CC1CC(=O)NC1c1ccccn1.CC1CCNC1c1ccccn1.CCOC(=O)CC(C)C(N=C(c1ccccc1)c1ccccc1)c1ccccn1.NCc1ccccn1.[AlH3].[H-].[Li+].c1ccc(C(=NCc2ccccn2)c2ccccc2)cc1. The first kappa shape index (κ1) is 76.6. The number of aromatic nitrogens is 5. The van der Waals surface area contributed by atoms with Crippen LogP contribution in [0.25, 0.3) is 0 Å². The normalized spacial score (nSPS) is 15.4. The summed E-state index contributed by atoms with van der Waals surface area (Å²) in [6.45, 7) is 14.8. The molecule has 2 fully saturated rings. The molecule has 2 saturated heterocycles. The van der Waals surface area contributed by atoms with Gasteiger partial charge in [0.1, 0.15) is 0 Å². The molecule has 0 saturated carbocycles. The summed E-state index contributed by atoms with van der Waals surface area (Å²) in [5.41, 5.74) is 16.4. The summed E-state index contributed by atoms with van der Waals surface area (Å²) in [6.07, 6.45) is 14.1. The van der Waals surface area contributed by atoms with Gasteiger partial charge in [-0.3, -0.25) is 44.5 Å². The van der Waals surface area contributed by atoms with Crippen LogP contribution in [-0.4, -0.2) is 91.3 Å². The van der Waals surface area contributed by atoms with Gasteiger partial charge in [0, 0.05) is 72.3 Å². The quantitative estimate of drug-likeness (QED) is 0.0337. The van der Waals surface area contributed by atoms with Gasteiger partial charge in [-0.2, -0.15) is 0 Å². The molecule has 7 heterocycles. The number of carbonyl (C=O) groups is 3. The molecule has 1 amide bonds. The number of ether oxygens (including phenoxy) is 2. The molecule has 4 N–H and O–H groups in total. The molecule has 0 spiro atoms. The van der Waals surface area contributed by atoms with E-state index in [4.69, 9.17) is 20.5 Å². The Hall–Kier alpha value is -8.83. The molecule has 6 atom stereocenters. The first-order valence-electron chi connectivity index (χ1n) is 31.1. The minimum atomic E-state index is -0.269. The second kappa shape index (κ2) is 44.6. The topological polar surface area (TPSA) is 209 Å². The number of amides is 1. The van der Waals surface area contributed by atoms with Gasteiger partial charge >= 0.3 is 30.8 Å². The Kier molecular flexibility index (Phi) is 36.8. The Morgan fingerprint density at radius 3 is 1.43 bits per heavy atom. The summed E-state index contributed by atoms with van der Waals surface area (Å²) in [5.74, 6) is 0.656. The molecule has 9 aromatic rings. The fourth-order valence-corrected chi connectivity index (χ4v) is 9.82. The number of nitrogens with one attached hydrogen (secondary N) is 2. The number of benzene rings is 4. The molecule has 5 aromatic heterocycles. The Labute approximate surface area is 574 Å². The minimum absolute atomic E-state index is 0. The number of nitrogens with zero attached hydrogens (tertiary/aromatic N) is 7. The molecule has 0 radical (unpaired) electrons. The van der Waals surface area contributed by atoms with Crippen molar-refractivity contribution in [2.24, 2.45) is 33.5 Å². The van der Waals surface area contributed by atoms with Crippen LogP contribution in [0.5, 0.6) is 0 Å². The second-order valence-corrected chi connectivity index (χ2v) is 21.3. The van der Waals surface area contributed by atoms with Crippen LogP contribution in [0, 0.1) is 17.8 Å². The van der Waals surface area contributed by atoms with Crippen LogP contribution in [0.15, 0.2) is 265 Å². The van der Waals surface area contributed by atoms with Crippen molar-refractivity contribution < 1.29 is 44.1 Å². The van der Waals surface area contributed by atoms with Crippen LogP contribution in [0.2, 0.25) is 0 Å². The smallest absolute Gasteiger partial charge is 1.00 e. The number of hydrogen-bond donors (Lipinski definition) is 3. The van der Waals surface area contributed by atoms with Crippen molar-refractivity contribution in [1.82, 2.24) is 35.6 Å². The van der Waals surface area contributed by atoms with Gasteiger partial charge in [-0.05, 0) is 112 Å². The maximum Gasteiger partial charge on any atom is 1.00 e. The van der Waals surface area contributed by atoms with Crippen LogP contribution in [-0.2, 0) is 36.9 Å². The number of allylic oxidation sites excluding steroid dienone is 1. The summed E-state index contributed by atoms with van der Waals surface area (Å²) in [7, 11) is 0. The van der Waals surface area contributed by atoms with E-state index in [1.165, 1.54) is 18.2 Å². The van der Waals surface area contributed by atoms with E-state index in [-0.39, 0.29) is 79.9 Å². The zero-order valence-electron chi connectivity index (χ0n) is 55.1. The largest absolute Gasteiger partial charge is 1.00 e. The number of carbonyl (C=O) groups excluding carboxylic acids is 3. The van der Waals surface area contributed by atoms with Crippen LogP contribution in [0.3, 0.4) is 0 Å². The molecule has 15 nitrogen and oxygen atoms in total. The van der Waals surface area contributed by atoms with Gasteiger partial charge in [-0.25, -0.2) is 4.79 Å². The molecule has 2 aliphatic rings. The predicted octanol–water partition coefficient (Wildman–Crippen LogP) is 10.00. The van der Waals surface area contributed by atoms with Crippen molar-refractivity contribution in [3.63, 3.8) is 0 Å². The Morgan fingerprint density at radius 2 is 1.04 bits per heavy atom. The molecule has 0 bridgehead atoms. The maximum absolute atomic E-state index is 12.1. The molecule has 478 valence electrons. The predicted molar refractivity (Wildman–Crippen MR) is 375 cm³/mol. The van der Waals surface area contributed by atoms with E-state index in [9.17, 15) is 14.4 Å². The van der Waals surface area contributed by atoms with E-state index in [2.05, 4.69) is 115 Å². The Morgan fingerprint density at radius 1 is 0.591 bits per heavy atom. The standard InChI is InChI=1S/C25H26N2O2.C19H16N2.C10H12N2O.C10H14N2.C6H8N2.C6H10O2.Al.Li.4H/c1-3-29-23(28)18-19(2)24(22-16-10-11-17-26-22)27-25(20-12-6-4-7-13-20)21-14-8-5-9-15-21;1-3-9-16(10-4-1)19(17-11-5-2-6-12-17)21-15-18-13-7-8-14-20-18;1-7-6-9(13)12-10(7)8-4-2-3-5-11-8;1-8-5-7-12-10(8)9-4-2-3-6-11-9;7-5-6-3-1-2-4-8-6;1-3-5-6(7)8-4-2;;;;;;/h4-17,19,24H,3,18H2,1-2H3;1-14H,15H2;2-5,7,10H,6H2,1H3,(H,12,13);2-4,6,8,10,12H,5,7H2,1H3;1-4H,5,7H2;3,5H,4H2,1-2H3;;;;;;/q;;;;;;;+1;;;;-1/b;;;;;5-3+;;;;;;. The monoisotopic (exact) mass is 1260 g/mol. The van der Waals surface area contributed by atoms with Crippen molar-refractivity contribution >= 4 is 46.6 Å². The number of rotatable bonds is 17. The summed E-state index contributed by atoms with van der Waals surface area (Å²) in [5, 5.41) is 6.38. The number of aliphatic imine (C=N–C) groups is 2. The molecule has 17 heteroatoms. The average Bonchev–Trinajstić information content (AvgIpc) is 0.960. The van der Waals surface area contributed by atoms with Crippen molar-refractivity contribution in [3.05, 3.63) is 306 Å². The van der Waals surface area contributed by atoms with Crippen molar-refractivity contribution in [3.8, 4) is 0 Å². The van der Waals surface area contributed by atoms with Gasteiger partial charge in [-0.15, -0.1) is 0 Å². The summed E-state index contributed by atoms with van der Waals surface area (Å²) in [6, 6.07) is 70.4. The third kappa shape index (κ3) is 27.5. The van der Waals surface area contributed by atoms with Crippen LogP contribution in [0.1, 0.15) is 131 Å². The summed E-state index contributed by atoms with van der Waals surface area (Å²) < 4.78 is 9.72. The van der Waals surface area contributed by atoms with E-state index >= 15 is 0 Å². The minimum Gasteiger partial charge on any atom is -1.00 e. The van der Waals surface area contributed by atoms with Gasteiger partial charge in [0.15, 0.2) is 17.4 Å². The van der Waals surface area contributed by atoms with E-state index in [0.717, 1.165) is 68.9 Å². The Balaban J connectivity index is 0.000000311. The fraction of sp³-hybridized carbons (Fsp3) is 0.263. The fourth-order valence-electron chi connectivity index (χ4n) is 9.82.